The average molecular weight is 568 g/mol. The Labute approximate surface area is 213 Å². The Morgan fingerprint density at radius 3 is 2.84 bits per heavy atom. The molecule has 1 aromatic heterocycles. The number of likely N-dealkylation sites (tertiary alicyclic amines) is 1. The lowest BCUT2D eigenvalue weighted by Crippen LogP contribution is -2.41. The van der Waals surface area contributed by atoms with Crippen molar-refractivity contribution in [2.45, 2.75) is 30.9 Å². The third-order valence-electron chi connectivity index (χ3n) is 5.85. The molecule has 3 heterocycles. The molecule has 2 unspecified atom stereocenters. The number of nitrogens with one attached hydrogen (secondary N) is 1. The molecule has 0 radical (unpaired) electrons. The van der Waals surface area contributed by atoms with Gasteiger partial charge in [-0.15, -0.1) is 35.7 Å². The molecule has 2 saturated heterocycles. The van der Waals surface area contributed by atoms with Crippen LogP contribution in [0.1, 0.15) is 18.9 Å². The van der Waals surface area contributed by atoms with Gasteiger partial charge in [0.25, 0.3) is 0 Å². The van der Waals surface area contributed by atoms with E-state index >= 15 is 0 Å². The molecular formula is C24H34IN5OS. The van der Waals surface area contributed by atoms with Crippen molar-refractivity contribution >= 4 is 47.5 Å². The maximum Gasteiger partial charge on any atom is 0.193 e. The van der Waals surface area contributed by atoms with Gasteiger partial charge < -0.3 is 19.9 Å². The van der Waals surface area contributed by atoms with Crippen LogP contribution < -0.4 is 10.2 Å². The third-order valence-corrected chi connectivity index (χ3v) is 7.10. The highest BCUT2D eigenvalue weighted by molar-refractivity contribution is 14.0. The van der Waals surface area contributed by atoms with Crippen LogP contribution in [0.3, 0.4) is 0 Å². The fourth-order valence-corrected chi connectivity index (χ4v) is 5.23. The molecule has 2 atom stereocenters. The normalized spacial score (nSPS) is 21.4. The quantitative estimate of drug-likeness (QED) is 0.246. The molecule has 2 aliphatic rings. The molecular weight excluding hydrogens is 533 g/mol. The summed E-state index contributed by atoms with van der Waals surface area (Å²) < 4.78 is 5.66. The molecule has 6 nitrogen and oxygen atoms in total. The first-order valence-corrected chi connectivity index (χ1v) is 12.1. The van der Waals surface area contributed by atoms with E-state index in [4.69, 9.17) is 4.74 Å². The van der Waals surface area contributed by atoms with Crippen LogP contribution in [0.15, 0.2) is 58.5 Å². The summed E-state index contributed by atoms with van der Waals surface area (Å²) in [4.78, 5) is 15.2. The smallest absolute Gasteiger partial charge is 0.193 e. The van der Waals surface area contributed by atoms with Gasteiger partial charge in [-0.2, -0.15) is 0 Å². The van der Waals surface area contributed by atoms with Gasteiger partial charge in [-0.25, -0.2) is 4.98 Å². The zero-order chi connectivity index (χ0) is 21.5. The van der Waals surface area contributed by atoms with Crippen molar-refractivity contribution in [3.05, 3.63) is 54.2 Å². The second kappa shape index (κ2) is 12.6. The van der Waals surface area contributed by atoms with Crippen molar-refractivity contribution in [2.75, 3.05) is 50.5 Å². The zero-order valence-electron chi connectivity index (χ0n) is 18.9. The van der Waals surface area contributed by atoms with E-state index < -0.39 is 0 Å². The van der Waals surface area contributed by atoms with Crippen molar-refractivity contribution in [3.63, 3.8) is 0 Å². The van der Waals surface area contributed by atoms with E-state index in [0.717, 1.165) is 56.9 Å². The summed E-state index contributed by atoms with van der Waals surface area (Å²) in [6.45, 7) is 7.54. The molecule has 4 rings (SSSR count). The van der Waals surface area contributed by atoms with Gasteiger partial charge in [0.05, 0.1) is 12.7 Å². The molecule has 174 valence electrons. The Morgan fingerprint density at radius 2 is 2.06 bits per heavy atom. The highest BCUT2D eigenvalue weighted by Gasteiger charge is 2.25. The first kappa shape index (κ1) is 25.1. The van der Waals surface area contributed by atoms with E-state index in [-0.39, 0.29) is 30.1 Å². The second-order valence-electron chi connectivity index (χ2n) is 8.28. The summed E-state index contributed by atoms with van der Waals surface area (Å²) in [5, 5.41) is 3.56. The molecule has 0 spiro atoms. The number of guanidine groups is 1. The molecule has 0 bridgehead atoms. The van der Waals surface area contributed by atoms with E-state index in [2.05, 4.69) is 74.5 Å². The molecule has 2 aromatic rings. The number of anilines is 1. The monoisotopic (exact) mass is 567 g/mol. The van der Waals surface area contributed by atoms with Crippen LogP contribution in [0, 0.1) is 5.92 Å². The lowest BCUT2D eigenvalue weighted by atomic mass is 10.2. The van der Waals surface area contributed by atoms with Gasteiger partial charge in [0, 0.05) is 56.6 Å². The van der Waals surface area contributed by atoms with E-state index in [1.807, 2.05) is 25.0 Å². The van der Waals surface area contributed by atoms with Gasteiger partial charge in [-0.1, -0.05) is 18.2 Å². The van der Waals surface area contributed by atoms with Crippen LogP contribution in [0.2, 0.25) is 0 Å². The van der Waals surface area contributed by atoms with Crippen molar-refractivity contribution in [3.8, 4) is 0 Å². The van der Waals surface area contributed by atoms with Gasteiger partial charge in [-0.05, 0) is 49.1 Å². The Hall–Kier alpha value is -1.52. The van der Waals surface area contributed by atoms with Crippen molar-refractivity contribution in [1.82, 2.24) is 15.2 Å². The number of hydrogen-bond donors (Lipinski definition) is 1. The number of aromatic nitrogens is 1. The summed E-state index contributed by atoms with van der Waals surface area (Å²) in [6, 6.07) is 14.9. The lowest BCUT2D eigenvalue weighted by molar-refractivity contribution is 0.0529. The first-order chi connectivity index (χ1) is 15.2. The number of pyridine rings is 1. The third kappa shape index (κ3) is 6.99. The molecule has 2 fully saturated rings. The lowest BCUT2D eigenvalue weighted by Gasteiger charge is -2.32. The van der Waals surface area contributed by atoms with Gasteiger partial charge >= 0.3 is 0 Å². The molecule has 32 heavy (non-hydrogen) atoms. The highest BCUT2D eigenvalue weighted by Crippen LogP contribution is 2.26. The molecule has 0 aliphatic carbocycles. The minimum atomic E-state index is 0. The number of rotatable bonds is 6. The number of nitrogens with zero attached hydrogens (tertiary/aromatic N) is 4. The number of ether oxygens (including phenoxy) is 1. The Balaban J connectivity index is 0.00000289. The van der Waals surface area contributed by atoms with Gasteiger partial charge in [-0.3, -0.25) is 4.99 Å². The molecule has 8 heteroatoms. The predicted molar refractivity (Wildman–Crippen MR) is 144 cm³/mol. The largest absolute Gasteiger partial charge is 0.375 e. The minimum absolute atomic E-state index is 0. The summed E-state index contributed by atoms with van der Waals surface area (Å²) in [5.41, 5.74) is 1.22. The van der Waals surface area contributed by atoms with Gasteiger partial charge in [0.15, 0.2) is 5.96 Å². The van der Waals surface area contributed by atoms with E-state index in [1.165, 1.54) is 16.9 Å². The number of morpholine rings is 1. The molecule has 2 aliphatic heterocycles. The van der Waals surface area contributed by atoms with Gasteiger partial charge in [0.2, 0.25) is 0 Å². The SMILES string of the molecule is CN=C(NCc1ccnc(N2CCOC(C)C2)c1)N1CCC(CSc2ccccc2)C1.I. The molecule has 1 N–H and O–H groups in total. The fourth-order valence-electron chi connectivity index (χ4n) is 4.18. The maximum atomic E-state index is 5.66. The topological polar surface area (TPSA) is 53.0 Å². The van der Waals surface area contributed by atoms with Gasteiger partial charge in [0.1, 0.15) is 5.82 Å². The van der Waals surface area contributed by atoms with Crippen LogP contribution in [0.5, 0.6) is 0 Å². The minimum Gasteiger partial charge on any atom is -0.375 e. The van der Waals surface area contributed by atoms with Crippen LogP contribution in [-0.4, -0.2) is 67.5 Å². The van der Waals surface area contributed by atoms with E-state index in [1.54, 1.807) is 0 Å². The van der Waals surface area contributed by atoms with E-state index in [9.17, 15) is 0 Å². The summed E-state index contributed by atoms with van der Waals surface area (Å²) >= 11 is 1.96. The van der Waals surface area contributed by atoms with Crippen molar-refractivity contribution < 1.29 is 4.74 Å². The predicted octanol–water partition coefficient (Wildman–Crippen LogP) is 4.11. The summed E-state index contributed by atoms with van der Waals surface area (Å²) in [5.74, 6) is 3.87. The Morgan fingerprint density at radius 1 is 1.22 bits per heavy atom. The Bertz CT molecular complexity index is 868. The van der Waals surface area contributed by atoms with E-state index in [0.29, 0.717) is 5.92 Å². The second-order valence-corrected chi connectivity index (χ2v) is 9.37. The summed E-state index contributed by atoms with van der Waals surface area (Å²) in [6.07, 6.45) is 3.37. The Kier molecular flexibility index (Phi) is 9.92. The molecule has 0 saturated carbocycles. The zero-order valence-corrected chi connectivity index (χ0v) is 22.1. The van der Waals surface area contributed by atoms with Crippen LogP contribution in [-0.2, 0) is 11.3 Å². The standard InChI is InChI=1S/C24H33N5OS.HI/c1-19-16-28(12-13-30-19)23-14-20(8-10-26-23)15-27-24(25-2)29-11-9-21(17-29)18-31-22-6-4-3-5-7-22;/h3-8,10,14,19,21H,9,11-13,15-18H2,1-2H3,(H,25,27);1H. The fraction of sp³-hybridized carbons (Fsp3) is 0.500. The number of aliphatic imine (C=N–C) groups is 1. The number of halogens is 1. The number of thioether (sulfide) groups is 1. The number of hydrogen-bond acceptors (Lipinski definition) is 5. The van der Waals surface area contributed by atoms with Crippen LogP contribution in [0.4, 0.5) is 5.82 Å². The van der Waals surface area contributed by atoms with Crippen molar-refractivity contribution in [1.29, 1.82) is 0 Å². The highest BCUT2D eigenvalue weighted by atomic mass is 127. The molecule has 0 amide bonds. The van der Waals surface area contributed by atoms with Crippen LogP contribution in [0.25, 0.3) is 0 Å². The first-order valence-electron chi connectivity index (χ1n) is 11.2. The number of benzene rings is 1. The van der Waals surface area contributed by atoms with Crippen molar-refractivity contribution in [2.24, 2.45) is 10.9 Å². The van der Waals surface area contributed by atoms with Crippen LogP contribution >= 0.6 is 35.7 Å². The summed E-state index contributed by atoms with van der Waals surface area (Å²) in [7, 11) is 1.88. The maximum absolute atomic E-state index is 5.66. The average Bonchev–Trinajstić information content (AvgIpc) is 3.28. The molecule has 1 aromatic carbocycles.